The van der Waals surface area contributed by atoms with Gasteiger partial charge in [0.2, 0.25) is 0 Å². The second-order valence-electron chi connectivity index (χ2n) is 4.36. The third-order valence-corrected chi connectivity index (χ3v) is 2.72. The minimum Gasteiger partial charge on any atom is -0.492 e. The van der Waals surface area contributed by atoms with E-state index in [1.807, 2.05) is 25.4 Å². The molecule has 0 aliphatic heterocycles. The van der Waals surface area contributed by atoms with E-state index >= 15 is 0 Å². The largest absolute Gasteiger partial charge is 0.492 e. The minimum atomic E-state index is -0.434. The van der Waals surface area contributed by atoms with E-state index in [0.29, 0.717) is 25.5 Å². The van der Waals surface area contributed by atoms with Crippen molar-refractivity contribution >= 4 is 6.09 Å². The van der Waals surface area contributed by atoms with E-state index < -0.39 is 6.09 Å². The average Bonchev–Trinajstić information content (AvgIpc) is 2.91. The fraction of sp³-hybridized carbons (Fsp3) is 0.333. The minimum absolute atomic E-state index is 0.356. The zero-order valence-electron chi connectivity index (χ0n) is 12.1. The second-order valence-corrected chi connectivity index (χ2v) is 4.36. The maximum absolute atomic E-state index is 11.1. The molecule has 1 N–H and O–H groups in total. The van der Waals surface area contributed by atoms with Crippen molar-refractivity contribution in [3.05, 3.63) is 36.7 Å². The summed E-state index contributed by atoms with van der Waals surface area (Å²) in [6, 6.07) is 8.58. The van der Waals surface area contributed by atoms with Gasteiger partial charge < -0.3 is 14.8 Å². The molecule has 0 aliphatic rings. The molecule has 21 heavy (non-hydrogen) atoms. The molecule has 1 radical (unpaired) electrons. The van der Waals surface area contributed by atoms with E-state index in [4.69, 9.17) is 9.47 Å². The van der Waals surface area contributed by atoms with Gasteiger partial charge in [-0.2, -0.15) is 5.10 Å². The lowest BCUT2D eigenvalue weighted by Gasteiger charge is -2.08. The molecule has 0 atom stereocenters. The molecule has 0 fully saturated rings. The highest BCUT2D eigenvalue weighted by Gasteiger charge is 2.03. The van der Waals surface area contributed by atoms with Crippen molar-refractivity contribution in [2.75, 3.05) is 19.8 Å². The van der Waals surface area contributed by atoms with E-state index in [2.05, 4.69) is 16.5 Å². The average molecular weight is 288 g/mol. The van der Waals surface area contributed by atoms with Gasteiger partial charge in [0, 0.05) is 18.8 Å². The molecule has 111 valence electrons. The normalized spacial score (nSPS) is 10.2. The molecule has 1 aromatic heterocycles. The summed E-state index contributed by atoms with van der Waals surface area (Å²) >= 11 is 0. The Morgan fingerprint density at radius 1 is 1.43 bits per heavy atom. The number of aryl methyl sites for hydroxylation is 1. The monoisotopic (exact) mass is 288 g/mol. The predicted octanol–water partition coefficient (Wildman–Crippen LogP) is 2.01. The quantitative estimate of drug-likeness (QED) is 0.826. The number of aromatic nitrogens is 2. The highest BCUT2D eigenvalue weighted by molar-refractivity contribution is 5.67. The molecule has 1 aromatic carbocycles. The van der Waals surface area contributed by atoms with Crippen molar-refractivity contribution in [1.29, 1.82) is 0 Å². The van der Waals surface area contributed by atoms with Gasteiger partial charge in [0.25, 0.3) is 0 Å². The maximum Gasteiger partial charge on any atom is 0.407 e. The van der Waals surface area contributed by atoms with Gasteiger partial charge in [-0.05, 0) is 36.8 Å². The molecule has 1 amide bonds. The summed E-state index contributed by atoms with van der Waals surface area (Å²) in [5.41, 5.74) is 1.99. The van der Waals surface area contributed by atoms with Crippen molar-refractivity contribution in [3.63, 3.8) is 0 Å². The summed E-state index contributed by atoms with van der Waals surface area (Å²) in [4.78, 5) is 11.1. The number of alkyl carbamates (subject to hydrolysis) is 1. The van der Waals surface area contributed by atoms with E-state index in [1.54, 1.807) is 23.9 Å². The summed E-state index contributed by atoms with van der Waals surface area (Å²) in [5.74, 6) is 0.696. The third kappa shape index (κ3) is 4.52. The van der Waals surface area contributed by atoms with E-state index in [9.17, 15) is 4.79 Å². The van der Waals surface area contributed by atoms with Gasteiger partial charge in [0.1, 0.15) is 12.4 Å². The topological polar surface area (TPSA) is 65.4 Å². The Kier molecular flexibility index (Phi) is 5.20. The van der Waals surface area contributed by atoms with Crippen molar-refractivity contribution in [1.82, 2.24) is 15.1 Å². The maximum atomic E-state index is 11.1. The molecule has 0 aliphatic carbocycles. The zero-order chi connectivity index (χ0) is 15.1. The Bertz CT molecular complexity index is 595. The first-order valence-corrected chi connectivity index (χ1v) is 6.72. The van der Waals surface area contributed by atoms with Gasteiger partial charge in [-0.1, -0.05) is 0 Å². The number of benzene rings is 1. The lowest BCUT2D eigenvalue weighted by Crippen LogP contribution is -2.28. The van der Waals surface area contributed by atoms with Crippen LogP contribution in [0.5, 0.6) is 5.75 Å². The highest BCUT2D eigenvalue weighted by atomic mass is 16.5. The van der Waals surface area contributed by atoms with Crippen LogP contribution >= 0.6 is 0 Å². The fourth-order valence-electron chi connectivity index (χ4n) is 1.77. The number of nitrogens with zero attached hydrogens (tertiary/aromatic N) is 2. The standard InChI is InChI=1S/C15H18N3O3/c1-3-20-15(19)16-7-8-21-14-6-4-5-12(9-14)13-10-17-18(2)11-13/h5-6,9-11H,3,7-8H2,1-2H3,(H,16,19). The second kappa shape index (κ2) is 7.33. The molecular weight excluding hydrogens is 270 g/mol. The Balaban J connectivity index is 1.86. The summed E-state index contributed by atoms with van der Waals surface area (Å²) < 4.78 is 12.1. The molecule has 0 saturated carbocycles. The summed E-state index contributed by atoms with van der Waals surface area (Å²) in [5, 5.41) is 6.73. The molecule has 0 saturated heterocycles. The van der Waals surface area contributed by atoms with Gasteiger partial charge in [-0.3, -0.25) is 4.68 Å². The van der Waals surface area contributed by atoms with E-state index in [1.165, 1.54) is 0 Å². The number of carbonyl (C=O) groups is 1. The van der Waals surface area contributed by atoms with E-state index in [-0.39, 0.29) is 0 Å². The van der Waals surface area contributed by atoms with Crippen LogP contribution in [0.1, 0.15) is 6.92 Å². The van der Waals surface area contributed by atoms with Crippen molar-refractivity contribution < 1.29 is 14.3 Å². The van der Waals surface area contributed by atoms with Gasteiger partial charge in [0.15, 0.2) is 0 Å². The van der Waals surface area contributed by atoms with Gasteiger partial charge >= 0.3 is 6.09 Å². The van der Waals surface area contributed by atoms with Crippen molar-refractivity contribution in [3.8, 4) is 16.9 Å². The lowest BCUT2D eigenvalue weighted by atomic mass is 10.1. The first-order valence-electron chi connectivity index (χ1n) is 6.72. The number of rotatable bonds is 6. The third-order valence-electron chi connectivity index (χ3n) is 2.72. The number of nitrogens with one attached hydrogen (secondary N) is 1. The number of hydrogen-bond acceptors (Lipinski definition) is 4. The first kappa shape index (κ1) is 14.9. The Hall–Kier alpha value is -2.50. The molecule has 0 spiro atoms. The predicted molar refractivity (Wildman–Crippen MR) is 78.0 cm³/mol. The van der Waals surface area contributed by atoms with Crippen LogP contribution in [0.25, 0.3) is 11.1 Å². The van der Waals surface area contributed by atoms with Crippen LogP contribution in [0.2, 0.25) is 0 Å². The van der Waals surface area contributed by atoms with Gasteiger partial charge in [0.05, 0.1) is 19.3 Å². The lowest BCUT2D eigenvalue weighted by molar-refractivity contribution is 0.150. The van der Waals surface area contributed by atoms with Crippen LogP contribution in [-0.4, -0.2) is 35.6 Å². The fourth-order valence-corrected chi connectivity index (χ4v) is 1.77. The number of ether oxygens (including phenoxy) is 2. The highest BCUT2D eigenvalue weighted by Crippen LogP contribution is 2.22. The van der Waals surface area contributed by atoms with Crippen LogP contribution in [0.3, 0.4) is 0 Å². The SMILES string of the molecule is CCOC(=O)NCCOc1c[c]cc(-c2cnn(C)c2)c1. The number of amides is 1. The Morgan fingerprint density at radius 3 is 3.00 bits per heavy atom. The molecule has 6 nitrogen and oxygen atoms in total. The molecule has 2 rings (SSSR count). The Labute approximate surface area is 123 Å². The zero-order valence-corrected chi connectivity index (χ0v) is 12.1. The summed E-state index contributed by atoms with van der Waals surface area (Å²) in [6.45, 7) is 2.86. The molecule has 2 aromatic rings. The number of carbonyl (C=O) groups excluding carboxylic acids is 1. The molecule has 1 heterocycles. The summed E-state index contributed by atoms with van der Waals surface area (Å²) in [6.07, 6.45) is 3.28. The number of hydrogen-bond donors (Lipinski definition) is 1. The van der Waals surface area contributed by atoms with Gasteiger partial charge in [-0.15, -0.1) is 0 Å². The smallest absolute Gasteiger partial charge is 0.407 e. The Morgan fingerprint density at radius 2 is 2.29 bits per heavy atom. The van der Waals surface area contributed by atoms with Crippen molar-refractivity contribution in [2.24, 2.45) is 7.05 Å². The van der Waals surface area contributed by atoms with Crippen LogP contribution in [0.4, 0.5) is 4.79 Å². The molecular formula is C15H18N3O3. The van der Waals surface area contributed by atoms with Crippen LogP contribution in [-0.2, 0) is 11.8 Å². The first-order chi connectivity index (χ1) is 10.2. The van der Waals surface area contributed by atoms with Crippen LogP contribution < -0.4 is 10.1 Å². The van der Waals surface area contributed by atoms with E-state index in [0.717, 1.165) is 11.1 Å². The summed E-state index contributed by atoms with van der Waals surface area (Å²) in [7, 11) is 1.87. The van der Waals surface area contributed by atoms with Gasteiger partial charge in [-0.25, -0.2) is 4.79 Å². The molecule has 6 heteroatoms. The van der Waals surface area contributed by atoms with Crippen LogP contribution in [0.15, 0.2) is 30.6 Å². The molecule has 0 unspecified atom stereocenters. The molecule has 0 bridgehead atoms. The van der Waals surface area contributed by atoms with Crippen LogP contribution in [0, 0.1) is 6.07 Å². The van der Waals surface area contributed by atoms with Crippen molar-refractivity contribution in [2.45, 2.75) is 6.92 Å².